The average molecular weight is 287 g/mol. The van der Waals surface area contributed by atoms with E-state index < -0.39 is 5.97 Å². The van der Waals surface area contributed by atoms with Gasteiger partial charge in [0.25, 0.3) is 0 Å². The molecule has 2 rings (SSSR count). The highest BCUT2D eigenvalue weighted by Crippen LogP contribution is 2.13. The van der Waals surface area contributed by atoms with Crippen molar-refractivity contribution in [1.82, 2.24) is 4.90 Å². The highest BCUT2D eigenvalue weighted by Gasteiger charge is 2.16. The zero-order valence-corrected chi connectivity index (χ0v) is 12.0. The summed E-state index contributed by atoms with van der Waals surface area (Å²) in [7, 11) is 1.67. The highest BCUT2D eigenvalue weighted by molar-refractivity contribution is 5.91. The molecule has 1 N–H and O–H groups in total. The lowest BCUT2D eigenvalue weighted by atomic mass is 10.0. The van der Waals surface area contributed by atoms with E-state index in [9.17, 15) is 9.59 Å². The number of aromatic carboxylic acids is 1. The van der Waals surface area contributed by atoms with Crippen LogP contribution < -0.4 is 0 Å². The second-order valence-corrected chi connectivity index (χ2v) is 4.90. The van der Waals surface area contributed by atoms with E-state index in [0.29, 0.717) is 17.9 Å². The number of furan rings is 1. The van der Waals surface area contributed by atoms with E-state index in [1.165, 1.54) is 11.0 Å². The summed E-state index contributed by atoms with van der Waals surface area (Å²) in [6.07, 6.45) is 0.0542. The lowest BCUT2D eigenvalue weighted by Crippen LogP contribution is -2.28. The van der Waals surface area contributed by atoms with Crippen LogP contribution in [0.25, 0.3) is 0 Å². The van der Waals surface area contributed by atoms with Gasteiger partial charge in [0.15, 0.2) is 0 Å². The Bertz CT molecular complexity index is 660. The smallest absolute Gasteiger partial charge is 0.335 e. The van der Waals surface area contributed by atoms with Crippen LogP contribution in [0.15, 0.2) is 40.8 Å². The third-order valence-corrected chi connectivity index (χ3v) is 3.20. The van der Waals surface area contributed by atoms with E-state index in [1.807, 2.05) is 19.1 Å². The fourth-order valence-corrected chi connectivity index (χ4v) is 2.07. The van der Waals surface area contributed by atoms with E-state index >= 15 is 0 Å². The number of amides is 1. The largest absolute Gasteiger partial charge is 0.478 e. The Labute approximate surface area is 122 Å². The van der Waals surface area contributed by atoms with Crippen molar-refractivity contribution in [2.45, 2.75) is 19.9 Å². The Morgan fingerprint density at radius 1 is 1.19 bits per heavy atom. The number of carbonyl (C=O) groups excluding carboxylic acids is 1. The molecular weight excluding hydrogens is 270 g/mol. The van der Waals surface area contributed by atoms with Gasteiger partial charge in [0.05, 0.1) is 18.5 Å². The van der Waals surface area contributed by atoms with Crippen molar-refractivity contribution in [3.63, 3.8) is 0 Å². The van der Waals surface area contributed by atoms with Crippen molar-refractivity contribution in [1.29, 1.82) is 0 Å². The van der Waals surface area contributed by atoms with Gasteiger partial charge in [0.1, 0.15) is 11.5 Å². The summed E-state index contributed by atoms with van der Waals surface area (Å²) in [6, 6.07) is 10.2. The standard InChI is InChI=1S/C16H17NO4/c1-11-7-8-13(21-11)10-17(2)15(18)9-12-5-3-4-6-14(12)16(19)20/h3-8H,9-10H2,1-2H3,(H,19,20). The predicted octanol–water partition coefficient (Wildman–Crippen LogP) is 2.49. The molecule has 0 atom stereocenters. The summed E-state index contributed by atoms with van der Waals surface area (Å²) in [5, 5.41) is 9.12. The van der Waals surface area contributed by atoms with E-state index in [0.717, 1.165) is 5.76 Å². The molecular formula is C16H17NO4. The van der Waals surface area contributed by atoms with Crippen molar-refractivity contribution in [2.24, 2.45) is 0 Å². The van der Waals surface area contributed by atoms with Crippen LogP contribution in [0, 0.1) is 6.92 Å². The predicted molar refractivity (Wildman–Crippen MR) is 77.0 cm³/mol. The normalized spacial score (nSPS) is 10.4. The Hall–Kier alpha value is -2.56. The number of hydrogen-bond acceptors (Lipinski definition) is 3. The number of carbonyl (C=O) groups is 2. The fourth-order valence-electron chi connectivity index (χ4n) is 2.07. The lowest BCUT2D eigenvalue weighted by Gasteiger charge is -2.16. The summed E-state index contributed by atoms with van der Waals surface area (Å²) >= 11 is 0. The van der Waals surface area contributed by atoms with E-state index in [1.54, 1.807) is 25.2 Å². The van der Waals surface area contributed by atoms with Crippen LogP contribution in [-0.4, -0.2) is 28.9 Å². The number of likely N-dealkylation sites (N-methyl/N-ethyl adjacent to an activating group) is 1. The molecule has 0 aliphatic carbocycles. The monoisotopic (exact) mass is 287 g/mol. The molecule has 21 heavy (non-hydrogen) atoms. The summed E-state index contributed by atoms with van der Waals surface area (Å²) < 4.78 is 5.43. The number of aryl methyl sites for hydroxylation is 1. The zero-order valence-electron chi connectivity index (χ0n) is 12.0. The van der Waals surface area contributed by atoms with Gasteiger partial charge in [-0.25, -0.2) is 4.79 Å². The number of hydrogen-bond donors (Lipinski definition) is 1. The van der Waals surface area contributed by atoms with Crippen LogP contribution in [0.3, 0.4) is 0 Å². The molecule has 1 amide bonds. The van der Waals surface area contributed by atoms with Crippen molar-refractivity contribution in [3.8, 4) is 0 Å². The van der Waals surface area contributed by atoms with Gasteiger partial charge >= 0.3 is 5.97 Å². The number of nitrogens with zero attached hydrogens (tertiary/aromatic N) is 1. The summed E-state index contributed by atoms with van der Waals surface area (Å²) in [5.41, 5.74) is 0.672. The maximum atomic E-state index is 12.2. The minimum absolute atomic E-state index is 0.0542. The first-order chi connectivity index (χ1) is 9.97. The van der Waals surface area contributed by atoms with Crippen LogP contribution >= 0.6 is 0 Å². The average Bonchev–Trinajstić information content (AvgIpc) is 2.84. The summed E-state index contributed by atoms with van der Waals surface area (Å²) in [4.78, 5) is 24.8. The van der Waals surface area contributed by atoms with Crippen LogP contribution in [0.2, 0.25) is 0 Å². The van der Waals surface area contributed by atoms with Gasteiger partial charge in [-0.2, -0.15) is 0 Å². The first-order valence-corrected chi connectivity index (χ1v) is 6.58. The molecule has 5 nitrogen and oxygen atoms in total. The quantitative estimate of drug-likeness (QED) is 0.917. The summed E-state index contributed by atoms with van der Waals surface area (Å²) in [5.74, 6) is 0.317. The van der Waals surface area contributed by atoms with Crippen molar-refractivity contribution in [3.05, 3.63) is 59.0 Å². The SMILES string of the molecule is Cc1ccc(CN(C)C(=O)Cc2ccccc2C(=O)O)o1. The maximum absolute atomic E-state index is 12.2. The first kappa shape index (κ1) is 14.8. The molecule has 0 fully saturated rings. The molecule has 0 radical (unpaired) electrons. The van der Waals surface area contributed by atoms with Gasteiger partial charge in [0.2, 0.25) is 5.91 Å². The van der Waals surface area contributed by atoms with Crippen LogP contribution in [0.4, 0.5) is 0 Å². The minimum Gasteiger partial charge on any atom is -0.478 e. The van der Waals surface area contributed by atoms with Crippen molar-refractivity contribution < 1.29 is 19.1 Å². The molecule has 0 bridgehead atoms. The molecule has 0 unspecified atom stereocenters. The molecule has 0 spiro atoms. The third kappa shape index (κ3) is 3.72. The second-order valence-electron chi connectivity index (χ2n) is 4.90. The molecule has 5 heteroatoms. The lowest BCUT2D eigenvalue weighted by molar-refractivity contribution is -0.129. The van der Waals surface area contributed by atoms with Gasteiger partial charge in [-0.3, -0.25) is 4.79 Å². The molecule has 1 aromatic carbocycles. The van der Waals surface area contributed by atoms with Gasteiger partial charge in [0, 0.05) is 7.05 Å². The Kier molecular flexibility index (Phi) is 4.42. The topological polar surface area (TPSA) is 70.8 Å². The highest BCUT2D eigenvalue weighted by atomic mass is 16.4. The first-order valence-electron chi connectivity index (χ1n) is 6.58. The Morgan fingerprint density at radius 3 is 2.52 bits per heavy atom. The number of carboxylic acid groups (broad SMARTS) is 1. The van der Waals surface area contributed by atoms with Gasteiger partial charge < -0.3 is 14.4 Å². The third-order valence-electron chi connectivity index (χ3n) is 3.20. The number of rotatable bonds is 5. The number of carboxylic acids is 1. The fraction of sp³-hybridized carbons (Fsp3) is 0.250. The van der Waals surface area contributed by atoms with E-state index in [2.05, 4.69) is 0 Å². The second kappa shape index (κ2) is 6.26. The van der Waals surface area contributed by atoms with Crippen LogP contribution in [0.1, 0.15) is 27.4 Å². The van der Waals surface area contributed by atoms with Crippen molar-refractivity contribution >= 4 is 11.9 Å². The number of benzene rings is 1. The molecule has 110 valence electrons. The maximum Gasteiger partial charge on any atom is 0.335 e. The van der Waals surface area contributed by atoms with Crippen LogP contribution in [0.5, 0.6) is 0 Å². The van der Waals surface area contributed by atoms with E-state index in [-0.39, 0.29) is 17.9 Å². The zero-order chi connectivity index (χ0) is 15.4. The van der Waals surface area contributed by atoms with E-state index in [4.69, 9.17) is 9.52 Å². The Morgan fingerprint density at radius 2 is 1.90 bits per heavy atom. The van der Waals surface area contributed by atoms with Crippen molar-refractivity contribution in [2.75, 3.05) is 7.05 Å². The minimum atomic E-state index is -1.03. The molecule has 2 aromatic rings. The molecule has 0 aliphatic heterocycles. The molecule has 0 saturated heterocycles. The molecule has 1 aromatic heterocycles. The van der Waals surface area contributed by atoms with Crippen LogP contribution in [-0.2, 0) is 17.8 Å². The molecule has 0 aliphatic rings. The van der Waals surface area contributed by atoms with Gasteiger partial charge in [-0.1, -0.05) is 18.2 Å². The molecule has 0 saturated carbocycles. The summed E-state index contributed by atoms with van der Waals surface area (Å²) in [6.45, 7) is 2.20. The Balaban J connectivity index is 2.05. The molecule has 1 heterocycles. The van der Waals surface area contributed by atoms with Gasteiger partial charge in [-0.05, 0) is 30.7 Å². The van der Waals surface area contributed by atoms with Gasteiger partial charge in [-0.15, -0.1) is 0 Å².